The van der Waals surface area contributed by atoms with Gasteiger partial charge in [-0.3, -0.25) is 0 Å². The van der Waals surface area contributed by atoms with Crippen LogP contribution in [0, 0.1) is 5.92 Å². The van der Waals surface area contributed by atoms with E-state index in [1.165, 1.54) is 0 Å². The maximum atomic E-state index is 11.0. The quantitative estimate of drug-likeness (QED) is 0.517. The first-order valence-electron chi connectivity index (χ1n) is 4.57. The molecule has 3 atom stereocenters. The van der Waals surface area contributed by atoms with Gasteiger partial charge < -0.3 is 10.0 Å². The molecule has 0 spiro atoms. The van der Waals surface area contributed by atoms with E-state index in [1.54, 1.807) is 0 Å². The van der Waals surface area contributed by atoms with Crippen molar-refractivity contribution in [3.05, 3.63) is 23.3 Å². The lowest BCUT2D eigenvalue weighted by atomic mass is 9.54. The molecule has 0 aliphatic carbocycles. The minimum Gasteiger partial charge on any atom is -0.477 e. The molecule has 1 N–H and O–H groups in total. The normalized spacial score (nSPS) is 30.7. The fraction of sp³-hybridized carbons (Fsp3) is 0.444. The van der Waals surface area contributed by atoms with Crippen LogP contribution in [-0.2, 0) is 4.79 Å². The molecule has 0 bridgehead atoms. The first-order chi connectivity index (χ1) is 6.54. The predicted molar refractivity (Wildman–Crippen MR) is 58.9 cm³/mol. The van der Waals surface area contributed by atoms with Crippen LogP contribution < -0.4 is 0 Å². The first-order valence-corrected chi connectivity index (χ1v) is 5.15. The Hall–Kier alpha value is -0.755. The zero-order valence-electron chi connectivity index (χ0n) is 8.03. The van der Waals surface area contributed by atoms with Gasteiger partial charge in [-0.1, -0.05) is 19.8 Å². The van der Waals surface area contributed by atoms with Crippen molar-refractivity contribution >= 4 is 22.5 Å². The molecule has 2 aliphatic rings. The van der Waals surface area contributed by atoms with Gasteiger partial charge in [0.1, 0.15) is 13.0 Å². The maximum absolute atomic E-state index is 11.0. The second-order valence-corrected chi connectivity index (χ2v) is 4.46. The molecule has 3 nitrogen and oxygen atoms in total. The van der Waals surface area contributed by atoms with E-state index in [4.69, 9.17) is 5.11 Å². The third kappa shape index (κ3) is 1.14. The number of hydrogen-bond donors (Lipinski definition) is 1. The van der Waals surface area contributed by atoms with Gasteiger partial charge >= 0.3 is 5.97 Å². The Morgan fingerprint density at radius 2 is 2.43 bits per heavy atom. The highest BCUT2D eigenvalue weighted by Gasteiger charge is 2.45. The molecule has 1 radical (unpaired) electrons. The zero-order chi connectivity index (χ0) is 10.5. The Bertz CT molecular complexity index is 353. The fourth-order valence-electron chi connectivity index (χ4n) is 2.09. The third-order valence-electron chi connectivity index (χ3n) is 2.97. The van der Waals surface area contributed by atoms with Crippen LogP contribution in [0.25, 0.3) is 0 Å². The molecule has 3 unspecified atom stereocenters. The highest BCUT2D eigenvalue weighted by atomic mass is 31.0. The summed E-state index contributed by atoms with van der Waals surface area (Å²) in [5, 5.41) is 9.90. The molecular weight excluding hydrogens is 196 g/mol. The first kappa shape index (κ1) is 9.79. The second kappa shape index (κ2) is 3.13. The van der Waals surface area contributed by atoms with Crippen molar-refractivity contribution in [3.8, 4) is 0 Å². The smallest absolute Gasteiger partial charge is 0.352 e. The van der Waals surface area contributed by atoms with Gasteiger partial charge in [0.25, 0.3) is 0 Å². The van der Waals surface area contributed by atoms with Crippen molar-refractivity contribution in [3.63, 3.8) is 0 Å². The van der Waals surface area contributed by atoms with Gasteiger partial charge in [-0.05, 0) is 5.31 Å². The summed E-state index contributed by atoms with van der Waals surface area (Å²) in [5.74, 6) is -0.249. The summed E-state index contributed by atoms with van der Waals surface area (Å²) < 4.78 is 0. The van der Waals surface area contributed by atoms with Crippen LogP contribution in [-0.4, -0.2) is 29.2 Å². The average molecular weight is 208 g/mol. The van der Waals surface area contributed by atoms with Gasteiger partial charge in [-0.15, -0.1) is 9.24 Å². The summed E-state index contributed by atoms with van der Waals surface area (Å²) >= 11 is 0. The SMILES string of the molecule is C=C1C(C)C2[B]CC(P)=C(C(=O)O)N12. The third-order valence-corrected chi connectivity index (χ3v) is 3.48. The highest BCUT2D eigenvalue weighted by molar-refractivity contribution is 7.23. The Morgan fingerprint density at radius 1 is 1.79 bits per heavy atom. The minimum atomic E-state index is -0.860. The van der Waals surface area contributed by atoms with Gasteiger partial charge in [0.05, 0.1) is 0 Å². The summed E-state index contributed by atoms with van der Waals surface area (Å²) in [6.07, 6.45) is 0.741. The molecule has 1 saturated heterocycles. The van der Waals surface area contributed by atoms with E-state index in [1.807, 2.05) is 4.90 Å². The van der Waals surface area contributed by atoms with Crippen molar-refractivity contribution < 1.29 is 9.90 Å². The summed E-state index contributed by atoms with van der Waals surface area (Å²) in [6.45, 7) is 5.97. The molecule has 0 saturated carbocycles. The van der Waals surface area contributed by atoms with Crippen molar-refractivity contribution in [1.82, 2.24) is 4.90 Å². The fourth-order valence-corrected chi connectivity index (χ4v) is 2.49. The Kier molecular flexibility index (Phi) is 2.19. The standard InChI is InChI=1S/C9H12BNO2P/c1-4-5(2)11-7(9(12)13)6(14)3-10-8(4)11/h4,8H,2-3,14H2,1H3,(H,12,13). The second-order valence-electron chi connectivity index (χ2n) is 3.76. The van der Waals surface area contributed by atoms with Crippen LogP contribution >= 0.6 is 9.24 Å². The van der Waals surface area contributed by atoms with E-state index in [0.29, 0.717) is 11.6 Å². The van der Waals surface area contributed by atoms with Crippen molar-refractivity contribution in [2.24, 2.45) is 5.92 Å². The topological polar surface area (TPSA) is 40.5 Å². The van der Waals surface area contributed by atoms with Crippen LogP contribution in [0.5, 0.6) is 0 Å². The summed E-state index contributed by atoms with van der Waals surface area (Å²) in [5.41, 5.74) is 1.30. The molecular formula is C9H12BNO2P. The van der Waals surface area contributed by atoms with Crippen LogP contribution in [0.1, 0.15) is 6.92 Å². The largest absolute Gasteiger partial charge is 0.477 e. The molecule has 0 aromatic heterocycles. The molecule has 14 heavy (non-hydrogen) atoms. The molecule has 0 aromatic rings. The van der Waals surface area contributed by atoms with Crippen molar-refractivity contribution in [2.75, 3.05) is 0 Å². The summed E-state index contributed by atoms with van der Waals surface area (Å²) in [6, 6.07) is 0. The lowest BCUT2D eigenvalue weighted by molar-refractivity contribution is -0.135. The highest BCUT2D eigenvalue weighted by Crippen LogP contribution is 2.43. The lowest BCUT2D eigenvalue weighted by Gasteiger charge is -2.53. The number of fused-ring (bicyclic) bond motifs is 1. The molecule has 2 aliphatic heterocycles. The number of hydrogen-bond acceptors (Lipinski definition) is 2. The van der Waals surface area contributed by atoms with Gasteiger partial charge in [0.15, 0.2) is 0 Å². The molecule has 0 amide bonds. The summed E-state index contributed by atoms with van der Waals surface area (Å²) in [4.78, 5) is 12.9. The van der Waals surface area contributed by atoms with Crippen LogP contribution in [0.4, 0.5) is 0 Å². The van der Waals surface area contributed by atoms with E-state index in [-0.39, 0.29) is 5.94 Å². The number of aliphatic carboxylic acids is 1. The monoisotopic (exact) mass is 208 g/mol. The summed E-state index contributed by atoms with van der Waals surface area (Å²) in [7, 11) is 4.65. The number of carboxylic acid groups (broad SMARTS) is 1. The van der Waals surface area contributed by atoms with Gasteiger partial charge in [0, 0.05) is 17.6 Å². The predicted octanol–water partition coefficient (Wildman–Crippen LogP) is 1.09. The zero-order valence-corrected chi connectivity index (χ0v) is 9.18. The van der Waals surface area contributed by atoms with E-state index in [2.05, 4.69) is 30.0 Å². The number of nitrogens with zero attached hydrogens (tertiary/aromatic N) is 1. The number of carboxylic acids is 1. The van der Waals surface area contributed by atoms with E-state index in [0.717, 1.165) is 17.3 Å². The van der Waals surface area contributed by atoms with Crippen LogP contribution in [0.15, 0.2) is 23.3 Å². The average Bonchev–Trinajstić information content (AvgIpc) is 2.15. The molecule has 2 heterocycles. The van der Waals surface area contributed by atoms with Gasteiger partial charge in [-0.25, -0.2) is 4.79 Å². The lowest BCUT2D eigenvalue weighted by Crippen LogP contribution is -2.58. The van der Waals surface area contributed by atoms with Gasteiger partial charge in [-0.2, -0.15) is 0 Å². The van der Waals surface area contributed by atoms with E-state index < -0.39 is 5.97 Å². The molecule has 5 heteroatoms. The number of allylic oxidation sites excluding steroid dienone is 1. The Labute approximate surface area is 86.3 Å². The van der Waals surface area contributed by atoms with Gasteiger partial charge in [0.2, 0.25) is 0 Å². The van der Waals surface area contributed by atoms with Crippen LogP contribution in [0.2, 0.25) is 6.32 Å². The minimum absolute atomic E-state index is 0.234. The maximum Gasteiger partial charge on any atom is 0.352 e. The van der Waals surface area contributed by atoms with E-state index >= 15 is 0 Å². The Balaban J connectivity index is 2.37. The van der Waals surface area contributed by atoms with Crippen LogP contribution in [0.3, 0.4) is 0 Å². The molecule has 2 rings (SSSR count). The molecule has 0 aromatic carbocycles. The van der Waals surface area contributed by atoms with Crippen molar-refractivity contribution in [1.29, 1.82) is 0 Å². The molecule has 1 fully saturated rings. The van der Waals surface area contributed by atoms with Crippen molar-refractivity contribution in [2.45, 2.75) is 19.2 Å². The molecule has 73 valence electrons. The Morgan fingerprint density at radius 3 is 3.00 bits per heavy atom. The number of rotatable bonds is 1. The van der Waals surface area contributed by atoms with E-state index in [9.17, 15) is 4.79 Å². The number of carbonyl (C=O) groups is 1.